The Morgan fingerprint density at radius 2 is 1.68 bits per heavy atom. The van der Waals surface area contributed by atoms with Gasteiger partial charge in [-0.25, -0.2) is 8.78 Å². The van der Waals surface area contributed by atoms with Crippen molar-refractivity contribution in [2.45, 2.75) is 69.5 Å². The molecule has 1 atom stereocenters. The summed E-state index contributed by atoms with van der Waals surface area (Å²) in [4.78, 5) is 43.2. The maximum atomic E-state index is 14.0. The number of halogens is 2. The van der Waals surface area contributed by atoms with Crippen molar-refractivity contribution >= 4 is 45.8 Å². The van der Waals surface area contributed by atoms with Crippen molar-refractivity contribution in [3.05, 3.63) is 118 Å². The molecular formula is C44H47F2N7O4. The van der Waals surface area contributed by atoms with Gasteiger partial charge in [-0.2, -0.15) is 5.10 Å². The number of imide groups is 1. The number of nitrogens with zero attached hydrogens (tertiary/aromatic N) is 3. The SMILES string of the molecule is CN(Cc1ccccc1C1CCC(=O)NC1=O)C1CCN(c2ccc(C(=O)Nc3n[nH]c4ccc(Cc5cc(F)cc(F)c5)cc34)c(NC3CCOCC3)c2)CC1. The van der Waals surface area contributed by atoms with Crippen LogP contribution >= 0.6 is 0 Å². The summed E-state index contributed by atoms with van der Waals surface area (Å²) in [5, 5.41) is 17.2. The highest BCUT2D eigenvalue weighted by Crippen LogP contribution is 2.33. The molecule has 0 saturated carbocycles. The molecule has 1 unspecified atom stereocenters. The molecule has 4 N–H and O–H groups in total. The number of hydrogen-bond acceptors (Lipinski definition) is 8. The summed E-state index contributed by atoms with van der Waals surface area (Å²) in [6.45, 7) is 3.70. The molecule has 4 aromatic carbocycles. The third-order valence-corrected chi connectivity index (χ3v) is 11.6. The van der Waals surface area contributed by atoms with Crippen molar-refractivity contribution in [1.82, 2.24) is 20.4 Å². The Balaban J connectivity index is 0.958. The number of aromatic nitrogens is 2. The van der Waals surface area contributed by atoms with Crippen molar-refractivity contribution < 1.29 is 27.9 Å². The maximum Gasteiger partial charge on any atom is 0.258 e. The van der Waals surface area contributed by atoms with E-state index in [1.54, 1.807) is 0 Å². The molecule has 3 saturated heterocycles. The Morgan fingerprint density at radius 3 is 2.46 bits per heavy atom. The number of fused-ring (bicyclic) bond motifs is 1. The molecule has 3 aliphatic heterocycles. The molecule has 1 aromatic heterocycles. The van der Waals surface area contributed by atoms with Crippen LogP contribution in [0, 0.1) is 11.6 Å². The minimum atomic E-state index is -0.627. The van der Waals surface area contributed by atoms with Gasteiger partial charge in [0, 0.05) is 74.2 Å². The summed E-state index contributed by atoms with van der Waals surface area (Å²) in [6.07, 6.45) is 4.75. The van der Waals surface area contributed by atoms with Crippen LogP contribution in [-0.2, 0) is 27.3 Å². The van der Waals surface area contributed by atoms with Crippen LogP contribution < -0.4 is 20.9 Å². The number of nitrogens with one attached hydrogen (secondary N) is 4. The standard InChI is InChI=1S/C44H47F2N7O4/c1-52(26-29-4-2-3-5-35(29)36-9-11-41(54)48-43(36)55)33-12-16-53(17-13-33)34-7-8-37(40(25-34)47-32-14-18-57-19-15-32)44(56)49-42-38-23-27(6-10-39(38)50-51-42)20-28-21-30(45)24-31(46)22-28/h2-8,10,21-25,32-33,36,47H,9,11-20,26H2,1H3,(H,48,54,55)(H2,49,50,51,56). The Kier molecular flexibility index (Phi) is 11.3. The van der Waals surface area contributed by atoms with E-state index in [2.05, 4.69) is 55.1 Å². The van der Waals surface area contributed by atoms with E-state index in [0.29, 0.717) is 67.4 Å². The van der Waals surface area contributed by atoms with Crippen LogP contribution in [0.15, 0.2) is 78.9 Å². The van der Waals surface area contributed by atoms with Gasteiger partial charge in [0.1, 0.15) is 11.6 Å². The molecular weight excluding hydrogens is 729 g/mol. The number of carbonyl (C=O) groups excluding carboxylic acids is 3. The van der Waals surface area contributed by atoms with Crippen molar-refractivity contribution in [3.8, 4) is 0 Å². The second-order valence-corrected chi connectivity index (χ2v) is 15.5. The zero-order chi connectivity index (χ0) is 39.5. The fourth-order valence-electron chi connectivity index (χ4n) is 8.47. The molecule has 0 bridgehead atoms. The number of ether oxygens (including phenoxy) is 1. The van der Waals surface area contributed by atoms with Gasteiger partial charge in [-0.1, -0.05) is 30.3 Å². The van der Waals surface area contributed by atoms with E-state index in [-0.39, 0.29) is 29.7 Å². The number of carbonyl (C=O) groups is 3. The molecule has 11 nitrogen and oxygen atoms in total. The lowest BCUT2D eigenvalue weighted by molar-refractivity contribution is -0.134. The van der Waals surface area contributed by atoms with E-state index in [9.17, 15) is 23.2 Å². The van der Waals surface area contributed by atoms with E-state index in [1.165, 1.54) is 12.1 Å². The van der Waals surface area contributed by atoms with Gasteiger partial charge in [-0.15, -0.1) is 0 Å². The van der Waals surface area contributed by atoms with Gasteiger partial charge in [0.2, 0.25) is 11.8 Å². The summed E-state index contributed by atoms with van der Waals surface area (Å²) >= 11 is 0. The number of piperidine rings is 2. The predicted molar refractivity (Wildman–Crippen MR) is 215 cm³/mol. The molecule has 13 heteroatoms. The second-order valence-electron chi connectivity index (χ2n) is 15.5. The second kappa shape index (κ2) is 16.8. The van der Waals surface area contributed by atoms with Crippen LogP contribution in [0.5, 0.6) is 0 Å². The number of hydrogen-bond donors (Lipinski definition) is 4. The average Bonchev–Trinajstić information content (AvgIpc) is 3.59. The van der Waals surface area contributed by atoms with Gasteiger partial charge in [-0.3, -0.25) is 29.7 Å². The van der Waals surface area contributed by atoms with E-state index in [0.717, 1.165) is 78.4 Å². The average molecular weight is 776 g/mol. The lowest BCUT2D eigenvalue weighted by Crippen LogP contribution is -2.43. The van der Waals surface area contributed by atoms with Crippen LogP contribution in [0.25, 0.3) is 10.9 Å². The number of aromatic amines is 1. The molecule has 0 radical (unpaired) electrons. The first kappa shape index (κ1) is 38.2. The molecule has 296 valence electrons. The zero-order valence-corrected chi connectivity index (χ0v) is 32.0. The summed E-state index contributed by atoms with van der Waals surface area (Å²) < 4.78 is 33.3. The molecule has 57 heavy (non-hydrogen) atoms. The number of amides is 3. The Labute approximate surface area is 330 Å². The van der Waals surface area contributed by atoms with Crippen molar-refractivity contribution in [3.63, 3.8) is 0 Å². The summed E-state index contributed by atoms with van der Waals surface area (Å²) in [5.41, 5.74) is 6.43. The van der Waals surface area contributed by atoms with E-state index < -0.39 is 11.6 Å². The third kappa shape index (κ3) is 8.84. The van der Waals surface area contributed by atoms with Crippen LogP contribution in [0.1, 0.15) is 77.1 Å². The fraction of sp³-hybridized carbons (Fsp3) is 0.364. The number of benzene rings is 4. The first-order chi connectivity index (χ1) is 27.7. The largest absolute Gasteiger partial charge is 0.381 e. The van der Waals surface area contributed by atoms with Crippen LogP contribution in [-0.4, -0.2) is 78.3 Å². The predicted octanol–water partition coefficient (Wildman–Crippen LogP) is 6.90. The van der Waals surface area contributed by atoms with Gasteiger partial charge < -0.3 is 20.3 Å². The number of anilines is 3. The zero-order valence-electron chi connectivity index (χ0n) is 32.0. The van der Waals surface area contributed by atoms with Gasteiger partial charge in [0.05, 0.1) is 17.0 Å². The Hall–Kier alpha value is -5.66. The van der Waals surface area contributed by atoms with E-state index in [1.807, 2.05) is 48.5 Å². The smallest absolute Gasteiger partial charge is 0.258 e. The lowest BCUT2D eigenvalue weighted by atomic mass is 9.87. The molecule has 3 fully saturated rings. The monoisotopic (exact) mass is 775 g/mol. The van der Waals surface area contributed by atoms with Crippen LogP contribution in [0.3, 0.4) is 0 Å². The minimum Gasteiger partial charge on any atom is -0.381 e. The molecule has 5 aromatic rings. The van der Waals surface area contributed by atoms with Gasteiger partial charge in [-0.05, 0) is 110 Å². The summed E-state index contributed by atoms with van der Waals surface area (Å²) in [5.74, 6) is -1.93. The lowest BCUT2D eigenvalue weighted by Gasteiger charge is -2.38. The fourth-order valence-corrected chi connectivity index (χ4v) is 8.47. The van der Waals surface area contributed by atoms with E-state index >= 15 is 0 Å². The molecule has 3 amide bonds. The highest BCUT2D eigenvalue weighted by Gasteiger charge is 2.31. The topological polar surface area (TPSA) is 132 Å². The number of rotatable bonds is 11. The van der Waals surface area contributed by atoms with Gasteiger partial charge in [0.25, 0.3) is 5.91 Å². The normalized spacial score (nSPS) is 18.2. The van der Waals surface area contributed by atoms with Gasteiger partial charge in [0.15, 0.2) is 5.82 Å². The minimum absolute atomic E-state index is 0.157. The Bertz CT molecular complexity index is 2260. The molecule has 0 aliphatic carbocycles. The quantitative estimate of drug-likeness (QED) is 0.107. The molecule has 8 rings (SSSR count). The van der Waals surface area contributed by atoms with Crippen molar-refractivity contribution in [2.75, 3.05) is 48.9 Å². The first-order valence-electron chi connectivity index (χ1n) is 19.7. The Morgan fingerprint density at radius 1 is 0.912 bits per heavy atom. The highest BCUT2D eigenvalue weighted by molar-refractivity contribution is 6.11. The summed E-state index contributed by atoms with van der Waals surface area (Å²) in [7, 11) is 2.14. The van der Waals surface area contributed by atoms with Crippen molar-refractivity contribution in [1.29, 1.82) is 0 Å². The van der Waals surface area contributed by atoms with Gasteiger partial charge >= 0.3 is 0 Å². The molecule has 4 heterocycles. The van der Waals surface area contributed by atoms with Crippen LogP contribution in [0.4, 0.5) is 26.0 Å². The van der Waals surface area contributed by atoms with Crippen LogP contribution in [0.2, 0.25) is 0 Å². The third-order valence-electron chi connectivity index (χ3n) is 11.6. The van der Waals surface area contributed by atoms with E-state index in [4.69, 9.17) is 4.74 Å². The maximum absolute atomic E-state index is 14.0. The highest BCUT2D eigenvalue weighted by atomic mass is 19.1. The molecule has 0 spiro atoms. The van der Waals surface area contributed by atoms with Crippen molar-refractivity contribution in [2.24, 2.45) is 0 Å². The number of H-pyrrole nitrogens is 1. The first-order valence-corrected chi connectivity index (χ1v) is 19.7. The molecule has 3 aliphatic rings. The summed E-state index contributed by atoms with van der Waals surface area (Å²) in [6, 6.07) is 23.6.